The van der Waals surface area contributed by atoms with Gasteiger partial charge in [-0.15, -0.1) is 0 Å². The van der Waals surface area contributed by atoms with Gasteiger partial charge < -0.3 is 19.1 Å². The van der Waals surface area contributed by atoms with Crippen molar-refractivity contribution in [3.63, 3.8) is 0 Å². The average molecular weight is 398 g/mol. The van der Waals surface area contributed by atoms with Gasteiger partial charge in [-0.2, -0.15) is 4.31 Å². The number of likely N-dealkylation sites (tertiary alicyclic amines) is 1. The van der Waals surface area contributed by atoms with Crippen molar-refractivity contribution in [1.29, 1.82) is 0 Å². The molecular weight excluding hydrogens is 372 g/mol. The molecule has 1 aromatic rings. The number of morpholine rings is 1. The van der Waals surface area contributed by atoms with E-state index in [0.29, 0.717) is 56.1 Å². The highest BCUT2D eigenvalue weighted by Gasteiger charge is 2.39. The molecule has 0 radical (unpaired) electrons. The molecule has 27 heavy (non-hydrogen) atoms. The fourth-order valence-corrected chi connectivity index (χ4v) is 4.94. The molecule has 3 rings (SSSR count). The Kier molecular flexibility index (Phi) is 5.92. The summed E-state index contributed by atoms with van der Waals surface area (Å²) in [6.45, 7) is 1.71. The van der Waals surface area contributed by atoms with Crippen molar-refractivity contribution in [3.8, 4) is 11.5 Å². The average Bonchev–Trinajstić information content (AvgIpc) is 2.88. The lowest BCUT2D eigenvalue weighted by atomic mass is 10.0. The Labute approximate surface area is 160 Å². The summed E-state index contributed by atoms with van der Waals surface area (Å²) < 4.78 is 42.0. The van der Waals surface area contributed by atoms with Crippen molar-refractivity contribution in [1.82, 2.24) is 9.21 Å². The van der Waals surface area contributed by atoms with E-state index in [1.54, 1.807) is 30.2 Å². The van der Waals surface area contributed by atoms with Gasteiger partial charge in [0.15, 0.2) is 0 Å². The Balaban J connectivity index is 1.79. The number of fused-ring (bicyclic) bond motifs is 1. The Bertz CT molecular complexity index is 797. The van der Waals surface area contributed by atoms with Gasteiger partial charge in [0.2, 0.25) is 10.0 Å². The fraction of sp³-hybridized carbons (Fsp3) is 0.611. The zero-order valence-corrected chi connectivity index (χ0v) is 16.7. The first-order valence-corrected chi connectivity index (χ1v) is 10.8. The molecule has 2 heterocycles. The van der Waals surface area contributed by atoms with Crippen molar-refractivity contribution < 1.29 is 27.4 Å². The van der Waals surface area contributed by atoms with E-state index >= 15 is 0 Å². The number of hydrogen-bond acceptors (Lipinski definition) is 6. The topological polar surface area (TPSA) is 85.4 Å². The predicted octanol–water partition coefficient (Wildman–Crippen LogP) is 0.969. The molecule has 9 heteroatoms. The molecule has 0 unspecified atom stereocenters. The summed E-state index contributed by atoms with van der Waals surface area (Å²) in [6.07, 6.45) is 2.18. The van der Waals surface area contributed by atoms with Crippen LogP contribution in [0.25, 0.3) is 0 Å². The lowest BCUT2D eigenvalue weighted by Gasteiger charge is -2.38. The number of amides is 1. The van der Waals surface area contributed by atoms with E-state index in [1.165, 1.54) is 17.7 Å². The smallest absolute Gasteiger partial charge is 0.257 e. The molecular formula is C18H26N2O6S. The quantitative estimate of drug-likeness (QED) is 0.751. The maximum atomic E-state index is 13.0. The van der Waals surface area contributed by atoms with Gasteiger partial charge in [-0.3, -0.25) is 4.79 Å². The highest BCUT2D eigenvalue weighted by atomic mass is 32.2. The molecule has 0 aromatic heterocycles. The number of rotatable bonds is 4. The summed E-state index contributed by atoms with van der Waals surface area (Å²) in [7, 11) is -0.235. The van der Waals surface area contributed by atoms with Crippen molar-refractivity contribution in [2.75, 3.05) is 46.7 Å². The standard InChI is InChI=1S/C18H26N2O6S/c1-24-13-4-5-14(17(12-13)25-2)18(21)19-8-6-15-16(7-9-19)26-11-10-20(15)27(3,22)23/h4-5,12,15-16H,6-11H2,1-3H3/t15-,16-/m1/s1. The highest BCUT2D eigenvalue weighted by molar-refractivity contribution is 7.88. The first-order chi connectivity index (χ1) is 12.8. The van der Waals surface area contributed by atoms with E-state index in [-0.39, 0.29) is 18.1 Å². The maximum Gasteiger partial charge on any atom is 0.257 e. The van der Waals surface area contributed by atoms with Crippen LogP contribution in [-0.4, -0.2) is 82.4 Å². The summed E-state index contributed by atoms with van der Waals surface area (Å²) in [5, 5.41) is 0. The van der Waals surface area contributed by atoms with Gasteiger partial charge in [-0.25, -0.2) is 8.42 Å². The number of nitrogens with zero attached hydrogens (tertiary/aromatic N) is 2. The SMILES string of the molecule is COc1ccc(C(=O)N2CC[C@@H]3[C@@H](CC2)OCCN3S(C)(=O)=O)c(OC)c1. The molecule has 0 N–H and O–H groups in total. The Morgan fingerprint density at radius 1 is 1.15 bits per heavy atom. The monoisotopic (exact) mass is 398 g/mol. The number of sulfonamides is 1. The largest absolute Gasteiger partial charge is 0.497 e. The normalized spacial score (nSPS) is 24.0. The van der Waals surface area contributed by atoms with E-state index in [0.717, 1.165) is 0 Å². The Morgan fingerprint density at radius 3 is 2.56 bits per heavy atom. The zero-order valence-electron chi connectivity index (χ0n) is 15.9. The number of hydrogen-bond donors (Lipinski definition) is 0. The van der Waals surface area contributed by atoms with Gasteiger partial charge >= 0.3 is 0 Å². The molecule has 2 aliphatic heterocycles. The number of ether oxygens (including phenoxy) is 3. The minimum atomic E-state index is -3.30. The van der Waals surface area contributed by atoms with Crippen molar-refractivity contribution in [3.05, 3.63) is 23.8 Å². The van der Waals surface area contributed by atoms with Crippen molar-refractivity contribution in [2.24, 2.45) is 0 Å². The highest BCUT2D eigenvalue weighted by Crippen LogP contribution is 2.29. The molecule has 0 bridgehead atoms. The zero-order chi connectivity index (χ0) is 19.6. The lowest BCUT2D eigenvalue weighted by molar-refractivity contribution is -0.0406. The number of carbonyl (C=O) groups is 1. The fourth-order valence-electron chi connectivity index (χ4n) is 3.81. The van der Waals surface area contributed by atoms with Gasteiger partial charge in [0.1, 0.15) is 11.5 Å². The van der Waals surface area contributed by atoms with Gasteiger partial charge in [-0.05, 0) is 25.0 Å². The van der Waals surface area contributed by atoms with Crippen LogP contribution in [0.1, 0.15) is 23.2 Å². The lowest BCUT2D eigenvalue weighted by Crippen LogP contribution is -2.53. The van der Waals surface area contributed by atoms with Crippen molar-refractivity contribution in [2.45, 2.75) is 25.0 Å². The number of methoxy groups -OCH3 is 2. The Morgan fingerprint density at radius 2 is 1.89 bits per heavy atom. The number of benzene rings is 1. The third-order valence-electron chi connectivity index (χ3n) is 5.17. The first kappa shape index (κ1) is 19.9. The van der Waals surface area contributed by atoms with Gasteiger partial charge in [-0.1, -0.05) is 0 Å². The van der Waals surface area contributed by atoms with Gasteiger partial charge in [0, 0.05) is 25.7 Å². The summed E-state index contributed by atoms with van der Waals surface area (Å²) >= 11 is 0. The molecule has 2 saturated heterocycles. The first-order valence-electron chi connectivity index (χ1n) is 8.95. The minimum absolute atomic E-state index is 0.140. The van der Waals surface area contributed by atoms with Crippen LogP contribution in [0.2, 0.25) is 0 Å². The van der Waals surface area contributed by atoms with Crippen LogP contribution in [0.5, 0.6) is 11.5 Å². The molecule has 8 nitrogen and oxygen atoms in total. The Hall–Kier alpha value is -1.84. The molecule has 1 amide bonds. The van der Waals surface area contributed by atoms with Crippen LogP contribution >= 0.6 is 0 Å². The van der Waals surface area contributed by atoms with E-state index < -0.39 is 10.0 Å². The van der Waals surface area contributed by atoms with Crippen LogP contribution in [0.15, 0.2) is 18.2 Å². The third kappa shape index (κ3) is 4.20. The van der Waals surface area contributed by atoms with Gasteiger partial charge in [0.25, 0.3) is 5.91 Å². The molecule has 1 aromatic carbocycles. The van der Waals surface area contributed by atoms with E-state index in [1.807, 2.05) is 0 Å². The molecule has 2 aliphatic rings. The van der Waals surface area contributed by atoms with E-state index in [2.05, 4.69) is 0 Å². The molecule has 0 spiro atoms. The molecule has 0 aliphatic carbocycles. The van der Waals surface area contributed by atoms with Gasteiger partial charge in [0.05, 0.1) is 44.8 Å². The third-order valence-corrected chi connectivity index (χ3v) is 6.48. The van der Waals surface area contributed by atoms with Crippen LogP contribution in [0.4, 0.5) is 0 Å². The second-order valence-electron chi connectivity index (χ2n) is 6.79. The molecule has 2 atom stereocenters. The summed E-state index contributed by atoms with van der Waals surface area (Å²) in [4.78, 5) is 14.8. The van der Waals surface area contributed by atoms with Crippen LogP contribution in [0, 0.1) is 0 Å². The molecule has 2 fully saturated rings. The van der Waals surface area contributed by atoms with Crippen LogP contribution in [-0.2, 0) is 14.8 Å². The summed E-state index contributed by atoms with van der Waals surface area (Å²) in [5.41, 5.74) is 0.462. The molecule has 150 valence electrons. The van der Waals surface area contributed by atoms with Crippen LogP contribution in [0.3, 0.4) is 0 Å². The summed E-state index contributed by atoms with van der Waals surface area (Å²) in [6, 6.07) is 4.86. The number of carbonyl (C=O) groups excluding carboxylic acids is 1. The predicted molar refractivity (Wildman–Crippen MR) is 99.8 cm³/mol. The van der Waals surface area contributed by atoms with E-state index in [9.17, 15) is 13.2 Å². The second-order valence-corrected chi connectivity index (χ2v) is 8.72. The maximum absolute atomic E-state index is 13.0. The minimum Gasteiger partial charge on any atom is -0.497 e. The molecule has 0 saturated carbocycles. The summed E-state index contributed by atoms with van der Waals surface area (Å²) in [5.74, 6) is 0.927. The van der Waals surface area contributed by atoms with E-state index in [4.69, 9.17) is 14.2 Å². The van der Waals surface area contributed by atoms with Crippen molar-refractivity contribution >= 4 is 15.9 Å². The van der Waals surface area contributed by atoms with Crippen LogP contribution < -0.4 is 9.47 Å². The second kappa shape index (κ2) is 8.04.